The summed E-state index contributed by atoms with van der Waals surface area (Å²) in [6.07, 6.45) is 0. The fourth-order valence-corrected chi connectivity index (χ4v) is 1.93. The molecule has 100 valence electrons. The second-order valence-corrected chi connectivity index (χ2v) is 5.52. The molecule has 0 saturated carbocycles. The summed E-state index contributed by atoms with van der Waals surface area (Å²) in [5.41, 5.74) is 1.01. The van der Waals surface area contributed by atoms with E-state index in [1.165, 1.54) is 12.1 Å². The van der Waals surface area contributed by atoms with Gasteiger partial charge in [-0.05, 0) is 30.9 Å². The summed E-state index contributed by atoms with van der Waals surface area (Å²) in [5.74, 6) is 0.931. The molecule has 0 saturated heterocycles. The van der Waals surface area contributed by atoms with Gasteiger partial charge in [0.15, 0.2) is 0 Å². The Morgan fingerprint density at radius 1 is 1.11 bits per heavy atom. The average molecular weight is 250 g/mol. The first-order valence-corrected chi connectivity index (χ1v) is 6.30. The molecule has 0 aliphatic rings. The van der Waals surface area contributed by atoms with Crippen molar-refractivity contribution in [3.8, 4) is 0 Å². The third kappa shape index (κ3) is 3.00. The maximum absolute atomic E-state index is 10.6. The number of benzene rings is 1. The number of nitrogens with one attached hydrogen (secondary N) is 1. The number of nitro benzene ring substituents is 1. The van der Waals surface area contributed by atoms with E-state index >= 15 is 0 Å². The van der Waals surface area contributed by atoms with Crippen LogP contribution in [0, 0.1) is 22.0 Å². The second kappa shape index (κ2) is 5.38. The molecule has 1 aromatic rings. The van der Waals surface area contributed by atoms with Crippen LogP contribution in [0.3, 0.4) is 0 Å². The highest BCUT2D eigenvalue weighted by Crippen LogP contribution is 2.30. The van der Waals surface area contributed by atoms with Crippen LogP contribution < -0.4 is 5.32 Å². The van der Waals surface area contributed by atoms with Crippen LogP contribution in [0.1, 0.15) is 34.6 Å². The van der Waals surface area contributed by atoms with Gasteiger partial charge in [-0.2, -0.15) is 0 Å². The van der Waals surface area contributed by atoms with Gasteiger partial charge in [0, 0.05) is 23.4 Å². The molecule has 0 fully saturated rings. The fourth-order valence-electron chi connectivity index (χ4n) is 1.93. The highest BCUT2D eigenvalue weighted by molar-refractivity contribution is 5.50. The topological polar surface area (TPSA) is 55.2 Å². The van der Waals surface area contributed by atoms with Crippen LogP contribution >= 0.6 is 0 Å². The fraction of sp³-hybridized carbons (Fsp3) is 0.571. The summed E-state index contributed by atoms with van der Waals surface area (Å²) in [5, 5.41) is 14.1. The molecular weight excluding hydrogens is 228 g/mol. The van der Waals surface area contributed by atoms with Crippen molar-refractivity contribution < 1.29 is 4.92 Å². The Labute approximate surface area is 109 Å². The third-order valence-corrected chi connectivity index (χ3v) is 3.89. The van der Waals surface area contributed by atoms with Gasteiger partial charge >= 0.3 is 0 Å². The predicted molar refractivity (Wildman–Crippen MR) is 74.8 cm³/mol. The van der Waals surface area contributed by atoms with Crippen molar-refractivity contribution in [2.75, 3.05) is 5.32 Å². The van der Waals surface area contributed by atoms with Crippen molar-refractivity contribution in [1.29, 1.82) is 0 Å². The van der Waals surface area contributed by atoms with E-state index in [-0.39, 0.29) is 16.1 Å². The van der Waals surface area contributed by atoms with Crippen molar-refractivity contribution in [3.05, 3.63) is 34.4 Å². The molecule has 0 bridgehead atoms. The van der Waals surface area contributed by atoms with Crippen molar-refractivity contribution in [3.63, 3.8) is 0 Å². The number of non-ortho nitro benzene ring substituents is 1. The molecule has 0 aliphatic heterocycles. The van der Waals surface area contributed by atoms with E-state index in [1.807, 2.05) is 0 Å². The minimum Gasteiger partial charge on any atom is -0.379 e. The Balaban J connectivity index is 2.92. The Kier molecular flexibility index (Phi) is 4.33. The minimum atomic E-state index is -0.381. The quantitative estimate of drug-likeness (QED) is 0.633. The van der Waals surface area contributed by atoms with Crippen LogP contribution in [-0.4, -0.2) is 10.5 Å². The summed E-state index contributed by atoms with van der Waals surface area (Å²) in [6.45, 7) is 10.9. The van der Waals surface area contributed by atoms with Crippen LogP contribution in [-0.2, 0) is 0 Å². The van der Waals surface area contributed by atoms with Crippen molar-refractivity contribution in [2.24, 2.45) is 11.8 Å². The molecule has 0 unspecified atom stereocenters. The van der Waals surface area contributed by atoms with Gasteiger partial charge in [0.2, 0.25) is 0 Å². The zero-order chi connectivity index (χ0) is 13.9. The molecule has 0 atom stereocenters. The Hall–Kier alpha value is -1.58. The lowest BCUT2D eigenvalue weighted by Crippen LogP contribution is -2.45. The number of rotatable bonds is 5. The van der Waals surface area contributed by atoms with Crippen LogP contribution in [0.5, 0.6) is 0 Å². The maximum Gasteiger partial charge on any atom is 0.269 e. The molecule has 1 rings (SSSR count). The van der Waals surface area contributed by atoms with Gasteiger partial charge in [-0.3, -0.25) is 10.1 Å². The summed E-state index contributed by atoms with van der Waals surface area (Å²) >= 11 is 0. The van der Waals surface area contributed by atoms with E-state index < -0.39 is 0 Å². The maximum atomic E-state index is 10.6. The molecule has 0 radical (unpaired) electrons. The van der Waals surface area contributed by atoms with E-state index in [4.69, 9.17) is 0 Å². The Morgan fingerprint density at radius 2 is 1.56 bits per heavy atom. The van der Waals surface area contributed by atoms with Gasteiger partial charge in [-0.1, -0.05) is 27.7 Å². The lowest BCUT2D eigenvalue weighted by Gasteiger charge is -2.39. The average Bonchev–Trinajstić information content (AvgIpc) is 2.29. The minimum absolute atomic E-state index is 0.0316. The van der Waals surface area contributed by atoms with E-state index in [2.05, 4.69) is 39.9 Å². The van der Waals surface area contributed by atoms with Gasteiger partial charge in [0.05, 0.1) is 4.92 Å². The predicted octanol–water partition coefficient (Wildman–Crippen LogP) is 4.08. The first-order chi connectivity index (χ1) is 8.27. The van der Waals surface area contributed by atoms with Crippen molar-refractivity contribution >= 4 is 11.4 Å². The monoisotopic (exact) mass is 250 g/mol. The summed E-state index contributed by atoms with van der Waals surface area (Å²) in [7, 11) is 0. The molecule has 0 aliphatic carbocycles. The molecule has 0 heterocycles. The first-order valence-electron chi connectivity index (χ1n) is 6.30. The van der Waals surface area contributed by atoms with Crippen LogP contribution in [0.4, 0.5) is 11.4 Å². The van der Waals surface area contributed by atoms with E-state index in [0.717, 1.165) is 5.69 Å². The summed E-state index contributed by atoms with van der Waals surface area (Å²) in [4.78, 5) is 10.2. The number of anilines is 1. The van der Waals surface area contributed by atoms with E-state index in [9.17, 15) is 10.1 Å². The number of nitro groups is 1. The SMILES string of the molecule is CC(C)C(C)(Nc1ccc([N+](=O)[O-])cc1)C(C)C. The molecule has 4 nitrogen and oxygen atoms in total. The molecule has 1 N–H and O–H groups in total. The number of nitrogens with zero attached hydrogens (tertiary/aromatic N) is 1. The zero-order valence-corrected chi connectivity index (χ0v) is 11.7. The highest BCUT2D eigenvalue weighted by Gasteiger charge is 2.31. The van der Waals surface area contributed by atoms with Crippen molar-refractivity contribution in [2.45, 2.75) is 40.2 Å². The van der Waals surface area contributed by atoms with E-state index in [0.29, 0.717) is 11.8 Å². The largest absolute Gasteiger partial charge is 0.379 e. The molecule has 0 amide bonds. The summed E-state index contributed by atoms with van der Waals surface area (Å²) in [6, 6.07) is 6.59. The van der Waals surface area contributed by atoms with E-state index in [1.54, 1.807) is 12.1 Å². The normalized spacial score (nSPS) is 11.9. The van der Waals surface area contributed by atoms with Crippen LogP contribution in [0.2, 0.25) is 0 Å². The zero-order valence-electron chi connectivity index (χ0n) is 11.7. The smallest absolute Gasteiger partial charge is 0.269 e. The molecule has 18 heavy (non-hydrogen) atoms. The Morgan fingerprint density at radius 3 is 1.89 bits per heavy atom. The van der Waals surface area contributed by atoms with Crippen LogP contribution in [0.25, 0.3) is 0 Å². The molecule has 0 spiro atoms. The third-order valence-electron chi connectivity index (χ3n) is 3.89. The Bertz CT molecular complexity index is 402. The van der Waals surface area contributed by atoms with Gasteiger partial charge < -0.3 is 5.32 Å². The lowest BCUT2D eigenvalue weighted by atomic mass is 9.78. The molecule has 4 heteroatoms. The second-order valence-electron chi connectivity index (χ2n) is 5.52. The molecule has 1 aromatic carbocycles. The van der Waals surface area contributed by atoms with Gasteiger partial charge in [0.25, 0.3) is 5.69 Å². The summed E-state index contributed by atoms with van der Waals surface area (Å²) < 4.78 is 0. The highest BCUT2D eigenvalue weighted by atomic mass is 16.6. The van der Waals surface area contributed by atoms with Gasteiger partial charge in [-0.25, -0.2) is 0 Å². The standard InChI is InChI=1S/C14H22N2O2/c1-10(2)14(5,11(3)4)15-12-6-8-13(9-7-12)16(17)18/h6-11,15H,1-5H3. The van der Waals surface area contributed by atoms with Gasteiger partial charge in [0.1, 0.15) is 0 Å². The molecular formula is C14H22N2O2. The molecule has 0 aromatic heterocycles. The number of hydrogen-bond acceptors (Lipinski definition) is 3. The van der Waals surface area contributed by atoms with Crippen molar-refractivity contribution in [1.82, 2.24) is 0 Å². The van der Waals surface area contributed by atoms with Gasteiger partial charge in [-0.15, -0.1) is 0 Å². The van der Waals surface area contributed by atoms with Crippen LogP contribution in [0.15, 0.2) is 24.3 Å². The lowest BCUT2D eigenvalue weighted by molar-refractivity contribution is -0.384. The number of hydrogen-bond donors (Lipinski definition) is 1. The first kappa shape index (κ1) is 14.5.